The number of hydrogen-bond donors (Lipinski definition) is 0. The number of sulfonamides is 1. The van der Waals surface area contributed by atoms with Crippen molar-refractivity contribution in [3.05, 3.63) is 29.3 Å². The molecule has 1 atom stereocenters. The second-order valence-corrected chi connectivity index (χ2v) is 8.81. The van der Waals surface area contributed by atoms with Crippen molar-refractivity contribution in [3.8, 4) is 6.07 Å². The Labute approximate surface area is 144 Å². The van der Waals surface area contributed by atoms with E-state index in [4.69, 9.17) is 5.26 Å². The number of nitrogens with zero attached hydrogens (tertiary/aromatic N) is 3. The van der Waals surface area contributed by atoms with Crippen molar-refractivity contribution in [2.45, 2.75) is 37.5 Å². The van der Waals surface area contributed by atoms with Gasteiger partial charge >= 0.3 is 0 Å². The smallest absolute Gasteiger partial charge is 0.243 e. The van der Waals surface area contributed by atoms with Crippen molar-refractivity contribution in [2.75, 3.05) is 32.7 Å². The van der Waals surface area contributed by atoms with Crippen LogP contribution in [0.25, 0.3) is 0 Å². The number of aryl methyl sites for hydroxylation is 2. The lowest BCUT2D eigenvalue weighted by Gasteiger charge is -2.34. The van der Waals surface area contributed by atoms with Crippen LogP contribution in [-0.2, 0) is 22.9 Å². The van der Waals surface area contributed by atoms with Gasteiger partial charge in [0.2, 0.25) is 10.0 Å². The molecule has 3 rings (SSSR count). The summed E-state index contributed by atoms with van der Waals surface area (Å²) in [5.74, 6) is -0.0196. The van der Waals surface area contributed by atoms with Gasteiger partial charge < -0.3 is 0 Å². The molecule has 1 aliphatic carbocycles. The highest BCUT2D eigenvalue weighted by molar-refractivity contribution is 7.89. The van der Waals surface area contributed by atoms with Gasteiger partial charge in [0.25, 0.3) is 0 Å². The maximum absolute atomic E-state index is 12.9. The van der Waals surface area contributed by atoms with E-state index in [0.717, 1.165) is 19.3 Å². The molecular weight excluding hydrogens is 322 g/mol. The molecule has 1 heterocycles. The first kappa shape index (κ1) is 17.4. The van der Waals surface area contributed by atoms with E-state index in [1.54, 1.807) is 10.4 Å². The summed E-state index contributed by atoms with van der Waals surface area (Å²) >= 11 is 0. The van der Waals surface area contributed by atoms with Crippen molar-refractivity contribution in [1.29, 1.82) is 5.26 Å². The van der Waals surface area contributed by atoms with Crippen molar-refractivity contribution in [1.82, 2.24) is 9.21 Å². The molecule has 0 amide bonds. The van der Waals surface area contributed by atoms with Gasteiger partial charge in [0.05, 0.1) is 16.9 Å². The third-order valence-electron chi connectivity index (χ3n) is 5.04. The largest absolute Gasteiger partial charge is 0.299 e. The number of fused-ring (bicyclic) bond motifs is 1. The molecule has 0 N–H and O–H groups in total. The van der Waals surface area contributed by atoms with Crippen LogP contribution in [0.5, 0.6) is 0 Å². The van der Waals surface area contributed by atoms with Gasteiger partial charge in [-0.05, 0) is 55.9 Å². The van der Waals surface area contributed by atoms with Crippen molar-refractivity contribution in [2.24, 2.45) is 5.92 Å². The highest BCUT2D eigenvalue weighted by Gasteiger charge is 2.29. The molecule has 1 aromatic carbocycles. The van der Waals surface area contributed by atoms with Crippen LogP contribution < -0.4 is 0 Å². The maximum atomic E-state index is 12.9. The SMILES string of the molecule is C[C@@H](C#N)CN1CCN(S(=O)(=O)c2ccc3c(c2)CCCC3)CC1. The molecule has 0 unspecified atom stereocenters. The Balaban J connectivity index is 1.70. The van der Waals surface area contributed by atoms with Crippen molar-refractivity contribution >= 4 is 10.0 Å². The maximum Gasteiger partial charge on any atom is 0.243 e. The summed E-state index contributed by atoms with van der Waals surface area (Å²) in [5.41, 5.74) is 2.50. The van der Waals surface area contributed by atoms with Crippen LogP contribution >= 0.6 is 0 Å². The lowest BCUT2D eigenvalue weighted by Crippen LogP contribution is -2.49. The third kappa shape index (κ3) is 3.64. The number of nitriles is 1. The highest BCUT2D eigenvalue weighted by Crippen LogP contribution is 2.26. The summed E-state index contributed by atoms with van der Waals surface area (Å²) in [6, 6.07) is 7.88. The van der Waals surface area contributed by atoms with Crippen LogP contribution in [0.15, 0.2) is 23.1 Å². The Hall–Kier alpha value is -1.42. The standard InChI is InChI=1S/C18H25N3O2S/c1-15(13-19)14-20-8-10-21(11-9-20)24(22,23)18-7-6-16-4-2-3-5-17(16)12-18/h6-7,12,15H,2-5,8-11,14H2,1H3/t15-/m0/s1. The van der Waals surface area contributed by atoms with Gasteiger partial charge in [-0.3, -0.25) is 4.90 Å². The Bertz CT molecular complexity index is 731. The van der Waals surface area contributed by atoms with Crippen molar-refractivity contribution < 1.29 is 8.42 Å². The molecule has 130 valence electrons. The van der Waals surface area contributed by atoms with E-state index in [9.17, 15) is 8.42 Å². The van der Waals surface area contributed by atoms with Gasteiger partial charge in [-0.2, -0.15) is 9.57 Å². The Kier molecular flexibility index (Phi) is 5.24. The van der Waals surface area contributed by atoms with E-state index >= 15 is 0 Å². The Morgan fingerprint density at radius 3 is 2.46 bits per heavy atom. The minimum Gasteiger partial charge on any atom is -0.299 e. The zero-order chi connectivity index (χ0) is 17.2. The van der Waals surface area contributed by atoms with E-state index in [1.807, 2.05) is 19.1 Å². The van der Waals surface area contributed by atoms with Crippen LogP contribution in [0.4, 0.5) is 0 Å². The number of rotatable bonds is 4. The number of hydrogen-bond acceptors (Lipinski definition) is 4. The van der Waals surface area contributed by atoms with E-state index in [-0.39, 0.29) is 5.92 Å². The third-order valence-corrected chi connectivity index (χ3v) is 6.94. The van der Waals surface area contributed by atoms with Gasteiger partial charge in [-0.1, -0.05) is 6.07 Å². The summed E-state index contributed by atoms with van der Waals surface area (Å²) in [7, 11) is -3.41. The molecule has 1 aromatic rings. The van der Waals surface area contributed by atoms with E-state index in [0.29, 0.717) is 37.6 Å². The second kappa shape index (κ2) is 7.22. The topological polar surface area (TPSA) is 64.4 Å². The lowest BCUT2D eigenvalue weighted by atomic mass is 9.92. The summed E-state index contributed by atoms with van der Waals surface area (Å²) in [6.45, 7) is 4.99. The predicted octanol–water partition coefficient (Wildman–Crippen LogP) is 2.03. The van der Waals surface area contributed by atoms with E-state index < -0.39 is 10.0 Å². The fourth-order valence-electron chi connectivity index (χ4n) is 3.60. The molecular formula is C18H25N3O2S. The summed E-state index contributed by atoms with van der Waals surface area (Å²) in [4.78, 5) is 2.61. The average Bonchev–Trinajstić information content (AvgIpc) is 2.61. The predicted molar refractivity (Wildman–Crippen MR) is 93.1 cm³/mol. The molecule has 1 fully saturated rings. The van der Waals surface area contributed by atoms with Crippen LogP contribution in [0.3, 0.4) is 0 Å². The lowest BCUT2D eigenvalue weighted by molar-refractivity contribution is 0.178. The zero-order valence-electron chi connectivity index (χ0n) is 14.2. The van der Waals surface area contributed by atoms with Gasteiger partial charge in [0.1, 0.15) is 0 Å². The quantitative estimate of drug-likeness (QED) is 0.836. The minimum absolute atomic E-state index is 0.0196. The Morgan fingerprint density at radius 2 is 1.79 bits per heavy atom. The number of piperazine rings is 1. The summed E-state index contributed by atoms with van der Waals surface area (Å²) in [6.07, 6.45) is 4.39. The molecule has 0 saturated carbocycles. The molecule has 1 saturated heterocycles. The Morgan fingerprint density at radius 1 is 1.12 bits per heavy atom. The molecule has 0 bridgehead atoms. The molecule has 2 aliphatic rings. The monoisotopic (exact) mass is 347 g/mol. The van der Waals surface area contributed by atoms with Crippen LogP contribution in [0, 0.1) is 17.2 Å². The molecule has 0 spiro atoms. The first-order valence-corrected chi connectivity index (χ1v) is 10.2. The van der Waals surface area contributed by atoms with Crippen LogP contribution in [-0.4, -0.2) is 50.3 Å². The molecule has 1 aliphatic heterocycles. The minimum atomic E-state index is -3.41. The first-order valence-electron chi connectivity index (χ1n) is 8.74. The molecule has 6 heteroatoms. The fourth-order valence-corrected chi connectivity index (χ4v) is 5.07. The van der Waals surface area contributed by atoms with Gasteiger partial charge in [-0.15, -0.1) is 0 Å². The molecule has 5 nitrogen and oxygen atoms in total. The average molecular weight is 347 g/mol. The van der Waals surface area contributed by atoms with Gasteiger partial charge in [0.15, 0.2) is 0 Å². The summed E-state index contributed by atoms with van der Waals surface area (Å²) in [5, 5.41) is 8.91. The van der Waals surface area contributed by atoms with Crippen molar-refractivity contribution in [3.63, 3.8) is 0 Å². The number of benzene rings is 1. The van der Waals surface area contributed by atoms with Gasteiger partial charge in [-0.25, -0.2) is 8.42 Å². The molecule has 24 heavy (non-hydrogen) atoms. The van der Waals surface area contributed by atoms with Crippen LogP contribution in [0.1, 0.15) is 30.9 Å². The highest BCUT2D eigenvalue weighted by atomic mass is 32.2. The van der Waals surface area contributed by atoms with E-state index in [2.05, 4.69) is 11.0 Å². The van der Waals surface area contributed by atoms with E-state index in [1.165, 1.54) is 17.5 Å². The first-order chi connectivity index (χ1) is 11.5. The summed E-state index contributed by atoms with van der Waals surface area (Å²) < 4.78 is 27.4. The molecule has 0 aromatic heterocycles. The molecule has 0 radical (unpaired) electrons. The van der Waals surface area contributed by atoms with Gasteiger partial charge in [0, 0.05) is 32.7 Å². The second-order valence-electron chi connectivity index (χ2n) is 6.87. The zero-order valence-corrected chi connectivity index (χ0v) is 15.1. The van der Waals surface area contributed by atoms with Crippen LogP contribution in [0.2, 0.25) is 0 Å². The fraction of sp³-hybridized carbons (Fsp3) is 0.611. The normalized spacial score (nSPS) is 21.0.